The lowest BCUT2D eigenvalue weighted by atomic mass is 9.33. The Morgan fingerprint density at radius 2 is 0.417 bits per heavy atom. The van der Waals surface area contributed by atoms with E-state index in [-0.39, 0.29) is 0 Å². The molecule has 0 heterocycles. The maximum atomic E-state index is 2.72. The third kappa shape index (κ3) is 0.709. The predicted octanol–water partition coefficient (Wildman–Crippen LogP) is 7.18. The van der Waals surface area contributed by atoms with E-state index in [1.165, 1.54) is 0 Å². The molecule has 6 bridgehead atoms. The van der Waals surface area contributed by atoms with Crippen molar-refractivity contribution in [2.24, 2.45) is 54.1 Å². The number of rotatable bonds is 0. The zero-order valence-corrected chi connectivity index (χ0v) is 19.0. The van der Waals surface area contributed by atoms with Gasteiger partial charge in [-0.05, 0) is 54.1 Å². The van der Waals surface area contributed by atoms with Gasteiger partial charge in [-0.15, -0.1) is 0 Å². The molecule has 0 aromatic heterocycles. The van der Waals surface area contributed by atoms with E-state index >= 15 is 0 Å². The highest BCUT2D eigenvalue weighted by atomic mass is 15.1. The Morgan fingerprint density at radius 1 is 0.208 bits per heavy atom. The molecule has 0 saturated heterocycles. The van der Waals surface area contributed by atoms with Crippen molar-refractivity contribution in [1.29, 1.82) is 0 Å². The van der Waals surface area contributed by atoms with Crippen molar-refractivity contribution in [1.82, 2.24) is 0 Å². The molecular weight excluding hydrogens is 288 g/mol. The van der Waals surface area contributed by atoms with Crippen molar-refractivity contribution in [3.63, 3.8) is 0 Å². The summed E-state index contributed by atoms with van der Waals surface area (Å²) in [5, 5.41) is 0. The molecule has 5 aliphatic carbocycles. The van der Waals surface area contributed by atoms with E-state index in [4.69, 9.17) is 0 Å². The van der Waals surface area contributed by atoms with Gasteiger partial charge < -0.3 is 0 Å². The van der Waals surface area contributed by atoms with Gasteiger partial charge in [-0.25, -0.2) is 0 Å². The van der Waals surface area contributed by atoms with Gasteiger partial charge in [0.25, 0.3) is 0 Å². The molecular formula is C24H42. The first kappa shape index (κ1) is 17.4. The average molecular weight is 331 g/mol. The van der Waals surface area contributed by atoms with Gasteiger partial charge in [0.15, 0.2) is 0 Å². The largest absolute Gasteiger partial charge is 0.0588 e. The van der Waals surface area contributed by atoms with Crippen molar-refractivity contribution in [3.05, 3.63) is 0 Å². The van der Waals surface area contributed by atoms with Gasteiger partial charge in [0.05, 0.1) is 0 Å². The van der Waals surface area contributed by atoms with Crippen LogP contribution in [0.1, 0.15) is 96.9 Å². The molecule has 4 unspecified atom stereocenters. The fourth-order valence-electron chi connectivity index (χ4n) is 12.8. The molecule has 0 nitrogen and oxygen atoms in total. The van der Waals surface area contributed by atoms with Crippen LogP contribution in [0.2, 0.25) is 0 Å². The Kier molecular flexibility index (Phi) is 2.24. The summed E-state index contributed by atoms with van der Waals surface area (Å²) in [4.78, 5) is 0. The standard InChI is InChI=1S/C24H42/c1-15(2)16(3,4)21(11)23(13)18(7,8)19(9)17(5,6)22(23,12)20(15,10)24(19,21)14/h1-14H3. The van der Waals surface area contributed by atoms with Gasteiger partial charge in [-0.3, -0.25) is 0 Å². The second-order valence-corrected chi connectivity index (χ2v) is 13.2. The molecule has 5 saturated carbocycles. The van der Waals surface area contributed by atoms with E-state index in [0.717, 1.165) is 0 Å². The second kappa shape index (κ2) is 3.09. The lowest BCUT2D eigenvalue weighted by Gasteiger charge is -2.71. The average Bonchev–Trinajstić information content (AvgIpc) is 2.71. The Labute approximate surface area is 151 Å². The SMILES string of the molecule is CC1(C)C2(C)C(C)(C)C3(C)C1(C)C1(C)C(C)(C)C(C)(C)C3(C)C21C. The van der Waals surface area contributed by atoms with Gasteiger partial charge in [-0.1, -0.05) is 96.9 Å². The summed E-state index contributed by atoms with van der Waals surface area (Å²) in [5.41, 5.74) is 3.38. The highest BCUT2D eigenvalue weighted by Crippen LogP contribution is 3.13. The third-order valence-electron chi connectivity index (χ3n) is 15.1. The van der Waals surface area contributed by atoms with Crippen LogP contribution < -0.4 is 0 Å². The molecule has 0 aromatic carbocycles. The van der Waals surface area contributed by atoms with Crippen LogP contribution in [0, 0.1) is 54.1 Å². The molecule has 5 fully saturated rings. The molecule has 0 radical (unpaired) electrons. The van der Waals surface area contributed by atoms with E-state index in [1.807, 2.05) is 0 Å². The summed E-state index contributed by atoms with van der Waals surface area (Å²) in [6.45, 7) is 37.1. The van der Waals surface area contributed by atoms with E-state index in [9.17, 15) is 0 Å². The lowest BCUT2D eigenvalue weighted by molar-refractivity contribution is -0.240. The van der Waals surface area contributed by atoms with Gasteiger partial charge in [-0.2, -0.15) is 0 Å². The van der Waals surface area contributed by atoms with Crippen LogP contribution >= 0.6 is 0 Å². The zero-order valence-electron chi connectivity index (χ0n) is 19.0. The Morgan fingerprint density at radius 3 is 0.667 bits per heavy atom. The first-order valence-corrected chi connectivity index (χ1v) is 10.2. The van der Waals surface area contributed by atoms with Crippen LogP contribution in [0.15, 0.2) is 0 Å². The Balaban J connectivity index is 2.33. The molecule has 24 heavy (non-hydrogen) atoms. The van der Waals surface area contributed by atoms with Crippen LogP contribution in [-0.2, 0) is 0 Å². The summed E-state index contributed by atoms with van der Waals surface area (Å²) < 4.78 is 0. The number of hydrogen-bond acceptors (Lipinski definition) is 0. The molecule has 5 rings (SSSR count). The molecule has 138 valence electrons. The quantitative estimate of drug-likeness (QED) is 0.441. The molecule has 0 aliphatic heterocycles. The smallest absolute Gasteiger partial charge is 0.0132 e. The molecule has 0 spiro atoms. The van der Waals surface area contributed by atoms with Gasteiger partial charge >= 0.3 is 0 Å². The maximum Gasteiger partial charge on any atom is -0.0132 e. The fraction of sp³-hybridized carbons (Fsp3) is 1.00. The summed E-state index contributed by atoms with van der Waals surface area (Å²) in [7, 11) is 0. The van der Waals surface area contributed by atoms with E-state index in [0.29, 0.717) is 54.1 Å². The van der Waals surface area contributed by atoms with Crippen LogP contribution in [0.25, 0.3) is 0 Å². The molecule has 0 heteroatoms. The summed E-state index contributed by atoms with van der Waals surface area (Å²) in [5.74, 6) is 0. The van der Waals surface area contributed by atoms with Crippen molar-refractivity contribution >= 4 is 0 Å². The molecule has 4 atom stereocenters. The van der Waals surface area contributed by atoms with E-state index in [2.05, 4.69) is 96.9 Å². The first-order chi connectivity index (χ1) is 10.2. The van der Waals surface area contributed by atoms with Crippen LogP contribution in [-0.4, -0.2) is 0 Å². The van der Waals surface area contributed by atoms with Crippen LogP contribution in [0.5, 0.6) is 0 Å². The molecule has 0 N–H and O–H groups in total. The molecule has 0 aromatic rings. The zero-order chi connectivity index (χ0) is 19.0. The minimum Gasteiger partial charge on any atom is -0.0588 e. The van der Waals surface area contributed by atoms with Crippen LogP contribution in [0.4, 0.5) is 0 Å². The van der Waals surface area contributed by atoms with Gasteiger partial charge in [0.1, 0.15) is 0 Å². The highest BCUT2D eigenvalue weighted by Gasteiger charge is 3.09. The van der Waals surface area contributed by atoms with E-state index in [1.54, 1.807) is 0 Å². The monoisotopic (exact) mass is 330 g/mol. The van der Waals surface area contributed by atoms with Crippen molar-refractivity contribution in [2.45, 2.75) is 96.9 Å². The molecule has 0 amide bonds. The second-order valence-electron chi connectivity index (χ2n) is 13.2. The summed E-state index contributed by atoms with van der Waals surface area (Å²) >= 11 is 0. The summed E-state index contributed by atoms with van der Waals surface area (Å²) in [6.07, 6.45) is 0. The number of hydrogen-bond donors (Lipinski definition) is 0. The van der Waals surface area contributed by atoms with Crippen molar-refractivity contribution in [2.75, 3.05) is 0 Å². The minimum absolute atomic E-state index is 0.323. The predicted molar refractivity (Wildman–Crippen MR) is 104 cm³/mol. The van der Waals surface area contributed by atoms with Gasteiger partial charge in [0.2, 0.25) is 0 Å². The Bertz CT molecular complexity index is 623. The van der Waals surface area contributed by atoms with Crippen LogP contribution in [0.3, 0.4) is 0 Å². The normalized spacial score (nSPS) is 65.8. The maximum absolute atomic E-state index is 2.72. The van der Waals surface area contributed by atoms with Crippen molar-refractivity contribution in [3.8, 4) is 0 Å². The summed E-state index contributed by atoms with van der Waals surface area (Å²) in [6, 6.07) is 0. The van der Waals surface area contributed by atoms with Gasteiger partial charge in [0, 0.05) is 0 Å². The topological polar surface area (TPSA) is 0 Å². The van der Waals surface area contributed by atoms with E-state index < -0.39 is 0 Å². The Hall–Kier alpha value is 0. The first-order valence-electron chi connectivity index (χ1n) is 10.2. The lowest BCUT2D eigenvalue weighted by Crippen LogP contribution is -2.66. The minimum atomic E-state index is 0.323. The molecule has 5 aliphatic rings. The fourth-order valence-corrected chi connectivity index (χ4v) is 12.8. The third-order valence-corrected chi connectivity index (χ3v) is 15.1. The van der Waals surface area contributed by atoms with Crippen molar-refractivity contribution < 1.29 is 0 Å². The highest BCUT2D eigenvalue weighted by molar-refractivity contribution is 5.55.